The Morgan fingerprint density at radius 3 is 2.43 bits per heavy atom. The second-order valence-electron chi connectivity index (χ2n) is 10.7. The lowest BCUT2D eigenvalue weighted by atomic mass is 9.86. The molecule has 0 aliphatic carbocycles. The number of carbonyl (C=O) groups excluding carboxylic acids is 3. The zero-order valence-electron chi connectivity index (χ0n) is 21.5. The molecule has 35 heavy (non-hydrogen) atoms. The summed E-state index contributed by atoms with van der Waals surface area (Å²) in [4.78, 5) is 40.2. The number of ether oxygens (including phenoxy) is 2. The number of primary amides is 1. The van der Waals surface area contributed by atoms with Gasteiger partial charge in [0.1, 0.15) is 17.7 Å². The van der Waals surface area contributed by atoms with Gasteiger partial charge in [-0.15, -0.1) is 0 Å². The molecular formula is C27H39N3O5. The molecule has 3 amide bonds. The number of nitrogens with two attached hydrogens (primary N) is 1. The first-order chi connectivity index (χ1) is 16.5. The molecule has 3 N–H and O–H groups in total. The Morgan fingerprint density at radius 1 is 1.17 bits per heavy atom. The van der Waals surface area contributed by atoms with Gasteiger partial charge in [-0.1, -0.05) is 37.3 Å². The zero-order valence-corrected chi connectivity index (χ0v) is 21.5. The van der Waals surface area contributed by atoms with E-state index in [1.807, 2.05) is 38.1 Å². The van der Waals surface area contributed by atoms with Crippen LogP contribution in [0.4, 0.5) is 4.79 Å². The first-order valence-electron chi connectivity index (χ1n) is 12.4. The van der Waals surface area contributed by atoms with Gasteiger partial charge in [-0.3, -0.25) is 14.5 Å². The second-order valence-corrected chi connectivity index (χ2v) is 10.7. The van der Waals surface area contributed by atoms with Gasteiger partial charge in [-0.25, -0.2) is 4.79 Å². The van der Waals surface area contributed by atoms with Crippen LogP contribution >= 0.6 is 0 Å². The van der Waals surface area contributed by atoms with Gasteiger partial charge in [0.15, 0.2) is 0 Å². The maximum atomic E-state index is 13.4. The average Bonchev–Trinajstić information content (AvgIpc) is 2.79. The number of benzene rings is 1. The van der Waals surface area contributed by atoms with E-state index in [0.717, 1.165) is 30.4 Å². The number of rotatable bonds is 6. The van der Waals surface area contributed by atoms with Gasteiger partial charge in [0.05, 0.1) is 13.2 Å². The Balaban J connectivity index is 1.73. The molecule has 2 heterocycles. The maximum absolute atomic E-state index is 13.4. The highest BCUT2D eigenvalue weighted by Crippen LogP contribution is 2.30. The molecule has 8 heteroatoms. The van der Waals surface area contributed by atoms with Gasteiger partial charge in [0.25, 0.3) is 0 Å². The molecule has 2 aliphatic rings. The predicted molar refractivity (Wildman–Crippen MR) is 134 cm³/mol. The zero-order chi connectivity index (χ0) is 25.8. The number of hydrogen-bond acceptors (Lipinski definition) is 5. The molecule has 8 nitrogen and oxygen atoms in total. The topological polar surface area (TPSA) is 111 Å². The highest BCUT2D eigenvalue weighted by Gasteiger charge is 2.43. The number of likely N-dealkylation sites (tertiary alicyclic amines) is 1. The molecule has 4 atom stereocenters. The first kappa shape index (κ1) is 26.7. The lowest BCUT2D eigenvalue weighted by Crippen LogP contribution is -2.61. The molecule has 3 rings (SSSR count). The van der Waals surface area contributed by atoms with Crippen molar-refractivity contribution in [3.63, 3.8) is 0 Å². The van der Waals surface area contributed by atoms with E-state index in [1.54, 1.807) is 20.8 Å². The number of carbonyl (C=O) groups is 3. The van der Waals surface area contributed by atoms with Crippen LogP contribution in [0.25, 0.3) is 5.57 Å². The van der Waals surface area contributed by atoms with Gasteiger partial charge in [-0.2, -0.15) is 0 Å². The van der Waals surface area contributed by atoms with Crippen molar-refractivity contribution in [3.05, 3.63) is 41.5 Å². The maximum Gasteiger partial charge on any atom is 0.411 e. The molecule has 1 aromatic carbocycles. The van der Waals surface area contributed by atoms with E-state index >= 15 is 0 Å². The highest BCUT2D eigenvalue weighted by molar-refractivity contribution is 5.91. The van der Waals surface area contributed by atoms with Crippen molar-refractivity contribution in [2.24, 2.45) is 11.7 Å². The lowest BCUT2D eigenvalue weighted by molar-refractivity contribution is -0.134. The van der Waals surface area contributed by atoms with Gasteiger partial charge in [-0.05, 0) is 69.6 Å². The summed E-state index contributed by atoms with van der Waals surface area (Å²) in [5.41, 5.74) is 8.24. The SMILES string of the molecule is C[C@@H]1CC[C@H](C)N(C(=O)OC(C)(C)C)[C@@H]1C(=O)N[C@@H](Cc1ccc(C2=CCOCC2)cc1)C(N)=O. The van der Waals surface area contributed by atoms with Crippen molar-refractivity contribution in [2.45, 2.75) is 84.0 Å². The molecule has 0 unspecified atom stereocenters. The summed E-state index contributed by atoms with van der Waals surface area (Å²) in [6.45, 7) is 10.6. The largest absolute Gasteiger partial charge is 0.444 e. The third-order valence-electron chi connectivity index (χ3n) is 6.61. The first-order valence-corrected chi connectivity index (χ1v) is 12.4. The molecule has 0 aromatic heterocycles. The van der Waals surface area contributed by atoms with Gasteiger partial charge in [0, 0.05) is 12.5 Å². The fourth-order valence-corrected chi connectivity index (χ4v) is 4.70. The molecular weight excluding hydrogens is 446 g/mol. The molecule has 0 bridgehead atoms. The monoisotopic (exact) mass is 485 g/mol. The van der Waals surface area contributed by atoms with Crippen LogP contribution < -0.4 is 11.1 Å². The van der Waals surface area contributed by atoms with Gasteiger partial charge >= 0.3 is 6.09 Å². The van der Waals surface area contributed by atoms with Crippen LogP contribution in [0.3, 0.4) is 0 Å². The summed E-state index contributed by atoms with van der Waals surface area (Å²) in [6, 6.07) is 6.15. The fourth-order valence-electron chi connectivity index (χ4n) is 4.70. The Hall–Kier alpha value is -2.87. The normalized spacial score (nSPS) is 23.7. The van der Waals surface area contributed by atoms with Crippen LogP contribution in [0, 0.1) is 5.92 Å². The highest BCUT2D eigenvalue weighted by atomic mass is 16.6. The van der Waals surface area contributed by atoms with Crippen LogP contribution in [-0.2, 0) is 25.5 Å². The predicted octanol–water partition coefficient (Wildman–Crippen LogP) is 3.43. The van der Waals surface area contributed by atoms with Crippen molar-refractivity contribution >= 4 is 23.5 Å². The number of piperidine rings is 1. The Labute approximate surface area is 208 Å². The molecule has 0 spiro atoms. The van der Waals surface area contributed by atoms with E-state index in [-0.39, 0.29) is 24.3 Å². The molecule has 1 fully saturated rings. The molecule has 1 saturated heterocycles. The fraction of sp³-hybridized carbons (Fsp3) is 0.593. The minimum atomic E-state index is -0.888. The number of amides is 3. The standard InChI is InChI=1S/C27H39N3O5/c1-17-6-7-18(2)30(26(33)35-27(3,4)5)23(17)25(32)29-22(24(28)31)16-19-8-10-20(11-9-19)21-12-14-34-15-13-21/h8-12,17-18,22-23H,6-7,13-16H2,1-5H3,(H2,28,31)(H,29,32)/t17-,18+,22+,23+/m1/s1. The summed E-state index contributed by atoms with van der Waals surface area (Å²) in [5.74, 6) is -1.09. The quantitative estimate of drug-likeness (QED) is 0.641. The van der Waals surface area contributed by atoms with Crippen LogP contribution in [0.5, 0.6) is 0 Å². The van der Waals surface area contributed by atoms with E-state index in [0.29, 0.717) is 13.2 Å². The van der Waals surface area contributed by atoms with Crippen molar-refractivity contribution in [1.82, 2.24) is 10.2 Å². The molecule has 0 radical (unpaired) electrons. The number of nitrogens with one attached hydrogen (secondary N) is 1. The minimum Gasteiger partial charge on any atom is -0.444 e. The Kier molecular flexibility index (Phi) is 8.59. The van der Waals surface area contributed by atoms with Crippen molar-refractivity contribution in [2.75, 3.05) is 13.2 Å². The third-order valence-corrected chi connectivity index (χ3v) is 6.61. The third kappa shape index (κ3) is 7.07. The average molecular weight is 486 g/mol. The smallest absolute Gasteiger partial charge is 0.411 e. The molecule has 0 saturated carbocycles. The lowest BCUT2D eigenvalue weighted by Gasteiger charge is -2.43. The molecule has 192 valence electrons. The van der Waals surface area contributed by atoms with Crippen molar-refractivity contribution < 1.29 is 23.9 Å². The van der Waals surface area contributed by atoms with E-state index < -0.39 is 29.7 Å². The Morgan fingerprint density at radius 2 is 1.86 bits per heavy atom. The Bertz CT molecular complexity index is 951. The molecule has 2 aliphatic heterocycles. The number of hydrogen-bond donors (Lipinski definition) is 2. The van der Waals surface area contributed by atoms with Crippen LogP contribution in [0.1, 0.15) is 65.0 Å². The summed E-state index contributed by atoms with van der Waals surface area (Å²) in [7, 11) is 0. The van der Waals surface area contributed by atoms with E-state index in [2.05, 4.69) is 11.4 Å². The van der Waals surface area contributed by atoms with E-state index in [1.165, 1.54) is 10.5 Å². The van der Waals surface area contributed by atoms with E-state index in [4.69, 9.17) is 15.2 Å². The van der Waals surface area contributed by atoms with Crippen LogP contribution in [-0.4, -0.2) is 59.7 Å². The minimum absolute atomic E-state index is 0.0840. The number of nitrogens with zero attached hydrogens (tertiary/aromatic N) is 1. The van der Waals surface area contributed by atoms with Crippen LogP contribution in [0.2, 0.25) is 0 Å². The second kappa shape index (κ2) is 11.2. The summed E-state index contributed by atoms with van der Waals surface area (Å²) >= 11 is 0. The van der Waals surface area contributed by atoms with Crippen molar-refractivity contribution in [3.8, 4) is 0 Å². The van der Waals surface area contributed by atoms with E-state index in [9.17, 15) is 14.4 Å². The van der Waals surface area contributed by atoms with Crippen LogP contribution in [0.15, 0.2) is 30.3 Å². The summed E-state index contributed by atoms with van der Waals surface area (Å²) in [5, 5.41) is 2.82. The summed E-state index contributed by atoms with van der Waals surface area (Å²) in [6.07, 6.45) is 4.26. The van der Waals surface area contributed by atoms with Gasteiger partial charge in [0.2, 0.25) is 11.8 Å². The molecule has 1 aromatic rings. The summed E-state index contributed by atoms with van der Waals surface area (Å²) < 4.78 is 11.0. The van der Waals surface area contributed by atoms with Gasteiger partial charge < -0.3 is 20.5 Å². The van der Waals surface area contributed by atoms with Crippen molar-refractivity contribution in [1.29, 1.82) is 0 Å².